The van der Waals surface area contributed by atoms with Crippen LogP contribution in [0, 0.1) is 0 Å². The van der Waals surface area contributed by atoms with Crippen molar-refractivity contribution in [3.8, 4) is 11.5 Å². The van der Waals surface area contributed by atoms with Crippen LogP contribution < -0.4 is 14.8 Å². The van der Waals surface area contributed by atoms with E-state index in [1.54, 1.807) is 0 Å². The molecule has 0 bridgehead atoms. The van der Waals surface area contributed by atoms with E-state index in [1.165, 1.54) is 0 Å². The molecule has 0 spiro atoms. The maximum Gasteiger partial charge on any atom is 0.161 e. The molecule has 1 aliphatic rings. The number of hydrogen-bond donors (Lipinski definition) is 2. The van der Waals surface area contributed by atoms with Crippen LogP contribution in [-0.4, -0.2) is 38.0 Å². The number of likely N-dealkylation sites (N-methyl/N-ethyl adjacent to an activating group) is 1. The van der Waals surface area contributed by atoms with E-state index in [0.717, 1.165) is 17.1 Å². The lowest BCUT2D eigenvalue weighted by Gasteiger charge is -2.19. The highest BCUT2D eigenvalue weighted by atomic mass is 16.6. The fraction of sp³-hybridized carbons (Fsp3) is 0.500. The van der Waals surface area contributed by atoms with Gasteiger partial charge in [-0.3, -0.25) is 0 Å². The van der Waals surface area contributed by atoms with Crippen molar-refractivity contribution in [2.75, 3.05) is 26.8 Å². The van der Waals surface area contributed by atoms with Crippen molar-refractivity contribution in [2.45, 2.75) is 12.5 Å². The molecular weight excluding hydrogens is 206 g/mol. The number of nitrogens with one attached hydrogen (secondary N) is 1. The molecular formula is C12H17NO3. The van der Waals surface area contributed by atoms with Crippen molar-refractivity contribution < 1.29 is 14.6 Å². The molecule has 2 rings (SSSR count). The summed E-state index contributed by atoms with van der Waals surface area (Å²) in [7, 11) is 1.83. The monoisotopic (exact) mass is 223 g/mol. The summed E-state index contributed by atoms with van der Waals surface area (Å²) in [5, 5.41) is 12.6. The highest BCUT2D eigenvalue weighted by molar-refractivity contribution is 5.43. The van der Waals surface area contributed by atoms with E-state index in [-0.39, 0.29) is 6.10 Å². The topological polar surface area (TPSA) is 50.7 Å². The van der Waals surface area contributed by atoms with Gasteiger partial charge in [-0.15, -0.1) is 0 Å². The van der Waals surface area contributed by atoms with E-state index in [0.29, 0.717) is 26.2 Å². The molecule has 1 aliphatic heterocycles. The average Bonchev–Trinajstić information content (AvgIpc) is 2.29. The Bertz CT molecular complexity index is 354. The summed E-state index contributed by atoms with van der Waals surface area (Å²) in [5.74, 6) is 1.57. The van der Waals surface area contributed by atoms with Crippen LogP contribution in [0.25, 0.3) is 0 Å². The third kappa shape index (κ3) is 2.65. The Labute approximate surface area is 95.2 Å². The first kappa shape index (κ1) is 11.2. The molecule has 4 heteroatoms. The minimum absolute atomic E-state index is 0.368. The second-order valence-corrected chi connectivity index (χ2v) is 3.89. The molecule has 1 unspecified atom stereocenters. The highest BCUT2D eigenvalue weighted by Gasteiger charge is 2.13. The first-order chi connectivity index (χ1) is 7.79. The molecule has 16 heavy (non-hydrogen) atoms. The number of hydrogen-bond acceptors (Lipinski definition) is 4. The molecule has 1 heterocycles. The molecule has 88 valence electrons. The first-order valence-corrected chi connectivity index (χ1v) is 5.51. The van der Waals surface area contributed by atoms with E-state index in [4.69, 9.17) is 9.47 Å². The van der Waals surface area contributed by atoms with E-state index < -0.39 is 0 Å². The third-order valence-electron chi connectivity index (χ3n) is 2.52. The lowest BCUT2D eigenvalue weighted by atomic mass is 10.1. The Morgan fingerprint density at radius 1 is 1.31 bits per heavy atom. The second-order valence-electron chi connectivity index (χ2n) is 3.89. The molecule has 0 fully saturated rings. The molecule has 0 aliphatic carbocycles. The van der Waals surface area contributed by atoms with Crippen molar-refractivity contribution in [3.63, 3.8) is 0 Å². The molecule has 0 aromatic heterocycles. The Morgan fingerprint density at radius 3 is 2.81 bits per heavy atom. The standard InChI is InChI=1S/C12H17NO3/c1-13-8-10(14)6-9-2-3-11-12(7-9)16-5-4-15-11/h2-3,7,10,13-14H,4-6,8H2,1H3. The molecule has 1 atom stereocenters. The van der Waals surface area contributed by atoms with Crippen LogP contribution >= 0.6 is 0 Å². The van der Waals surface area contributed by atoms with Gasteiger partial charge >= 0.3 is 0 Å². The average molecular weight is 223 g/mol. The maximum absolute atomic E-state index is 9.67. The summed E-state index contributed by atoms with van der Waals surface area (Å²) in [6, 6.07) is 5.80. The Kier molecular flexibility index (Phi) is 3.64. The summed E-state index contributed by atoms with van der Waals surface area (Å²) in [4.78, 5) is 0. The van der Waals surface area contributed by atoms with Crippen molar-refractivity contribution in [1.29, 1.82) is 0 Å². The number of benzene rings is 1. The molecule has 0 radical (unpaired) electrons. The molecule has 1 aromatic rings. The maximum atomic E-state index is 9.67. The molecule has 2 N–H and O–H groups in total. The Morgan fingerprint density at radius 2 is 2.06 bits per heavy atom. The molecule has 1 aromatic carbocycles. The summed E-state index contributed by atoms with van der Waals surface area (Å²) < 4.78 is 10.9. The molecule has 0 amide bonds. The zero-order valence-electron chi connectivity index (χ0n) is 9.40. The van der Waals surface area contributed by atoms with Gasteiger partial charge in [0, 0.05) is 6.54 Å². The minimum Gasteiger partial charge on any atom is -0.486 e. The van der Waals surface area contributed by atoms with Crippen LogP contribution in [0.4, 0.5) is 0 Å². The summed E-state index contributed by atoms with van der Waals surface area (Å²) >= 11 is 0. The zero-order valence-corrected chi connectivity index (χ0v) is 9.40. The number of fused-ring (bicyclic) bond motifs is 1. The van der Waals surface area contributed by atoms with Gasteiger partial charge in [-0.25, -0.2) is 0 Å². The first-order valence-electron chi connectivity index (χ1n) is 5.51. The van der Waals surface area contributed by atoms with Crippen molar-refractivity contribution >= 4 is 0 Å². The SMILES string of the molecule is CNCC(O)Cc1ccc2c(c1)OCCO2. The van der Waals surface area contributed by atoms with Crippen LogP contribution in [0.15, 0.2) is 18.2 Å². The molecule has 0 saturated carbocycles. The van der Waals surface area contributed by atoms with Gasteiger partial charge < -0.3 is 19.9 Å². The van der Waals surface area contributed by atoms with Crippen LogP contribution in [0.1, 0.15) is 5.56 Å². The van der Waals surface area contributed by atoms with Crippen molar-refractivity contribution in [1.82, 2.24) is 5.32 Å². The number of aliphatic hydroxyl groups is 1. The fourth-order valence-electron chi connectivity index (χ4n) is 1.79. The van der Waals surface area contributed by atoms with Crippen LogP contribution in [0.5, 0.6) is 11.5 Å². The number of rotatable bonds is 4. The van der Waals surface area contributed by atoms with E-state index in [1.807, 2.05) is 25.2 Å². The van der Waals surface area contributed by atoms with E-state index in [2.05, 4.69) is 5.32 Å². The predicted molar refractivity (Wildman–Crippen MR) is 61.1 cm³/mol. The zero-order chi connectivity index (χ0) is 11.4. The van der Waals surface area contributed by atoms with Gasteiger partial charge in [-0.1, -0.05) is 6.07 Å². The lowest BCUT2D eigenvalue weighted by molar-refractivity contribution is 0.168. The number of ether oxygens (including phenoxy) is 2. The molecule has 4 nitrogen and oxygen atoms in total. The largest absolute Gasteiger partial charge is 0.486 e. The number of aliphatic hydroxyl groups excluding tert-OH is 1. The summed E-state index contributed by atoms with van der Waals surface area (Å²) in [6.07, 6.45) is 0.254. The second kappa shape index (κ2) is 5.18. The Balaban J connectivity index is 2.05. The molecule has 0 saturated heterocycles. The van der Waals surface area contributed by atoms with Crippen LogP contribution in [-0.2, 0) is 6.42 Å². The van der Waals surface area contributed by atoms with Gasteiger partial charge in [0.1, 0.15) is 13.2 Å². The van der Waals surface area contributed by atoms with Gasteiger partial charge in [-0.05, 0) is 31.2 Å². The van der Waals surface area contributed by atoms with Gasteiger partial charge in [0.2, 0.25) is 0 Å². The van der Waals surface area contributed by atoms with Crippen LogP contribution in [0.3, 0.4) is 0 Å². The van der Waals surface area contributed by atoms with Gasteiger partial charge in [0.25, 0.3) is 0 Å². The third-order valence-corrected chi connectivity index (χ3v) is 2.52. The van der Waals surface area contributed by atoms with E-state index >= 15 is 0 Å². The van der Waals surface area contributed by atoms with Gasteiger partial charge in [0.05, 0.1) is 6.10 Å². The van der Waals surface area contributed by atoms with Crippen LogP contribution in [0.2, 0.25) is 0 Å². The lowest BCUT2D eigenvalue weighted by Crippen LogP contribution is -2.25. The van der Waals surface area contributed by atoms with Gasteiger partial charge in [0.15, 0.2) is 11.5 Å². The van der Waals surface area contributed by atoms with Crippen molar-refractivity contribution in [2.24, 2.45) is 0 Å². The van der Waals surface area contributed by atoms with Crippen molar-refractivity contribution in [3.05, 3.63) is 23.8 Å². The fourth-order valence-corrected chi connectivity index (χ4v) is 1.79. The normalized spacial score (nSPS) is 15.9. The van der Waals surface area contributed by atoms with E-state index in [9.17, 15) is 5.11 Å². The summed E-state index contributed by atoms with van der Waals surface area (Å²) in [5.41, 5.74) is 1.06. The van der Waals surface area contributed by atoms with Gasteiger partial charge in [-0.2, -0.15) is 0 Å². The minimum atomic E-state index is -0.368. The highest BCUT2D eigenvalue weighted by Crippen LogP contribution is 2.30. The quantitative estimate of drug-likeness (QED) is 0.784. The Hall–Kier alpha value is -1.26. The predicted octanol–water partition coefficient (Wildman–Crippen LogP) is 0.581. The smallest absolute Gasteiger partial charge is 0.161 e. The summed E-state index contributed by atoms with van der Waals surface area (Å²) in [6.45, 7) is 1.79.